The van der Waals surface area contributed by atoms with Crippen molar-refractivity contribution in [1.29, 1.82) is 0 Å². The third-order valence-corrected chi connectivity index (χ3v) is 5.35. The molecule has 8 heteroatoms. The van der Waals surface area contributed by atoms with Gasteiger partial charge in [0.25, 0.3) is 11.8 Å². The molecule has 0 radical (unpaired) electrons. The second-order valence-corrected chi connectivity index (χ2v) is 7.44. The summed E-state index contributed by atoms with van der Waals surface area (Å²) in [7, 11) is 0. The Hall–Kier alpha value is -2.38. The number of aliphatic carboxylic acids is 1. The number of anilines is 1. The van der Waals surface area contributed by atoms with Crippen molar-refractivity contribution in [3.63, 3.8) is 0 Å². The summed E-state index contributed by atoms with van der Waals surface area (Å²) in [6, 6.07) is 7.02. The number of benzene rings is 1. The van der Waals surface area contributed by atoms with Crippen LogP contribution in [0.4, 0.5) is 5.69 Å². The first-order valence-electron chi connectivity index (χ1n) is 8.08. The Morgan fingerprint density at radius 1 is 1.31 bits per heavy atom. The summed E-state index contributed by atoms with van der Waals surface area (Å²) in [5, 5.41) is 14.1. The van der Waals surface area contributed by atoms with Gasteiger partial charge in [0.15, 0.2) is 0 Å². The fourth-order valence-corrected chi connectivity index (χ4v) is 3.41. The number of halogens is 1. The minimum atomic E-state index is -1.05. The lowest BCUT2D eigenvalue weighted by molar-refractivity contribution is -0.141. The summed E-state index contributed by atoms with van der Waals surface area (Å²) in [6.07, 6.45) is 1.58. The quantitative estimate of drug-likeness (QED) is 0.784. The molecule has 1 saturated carbocycles. The summed E-state index contributed by atoms with van der Waals surface area (Å²) in [6.45, 7) is 1.49. The van der Waals surface area contributed by atoms with Gasteiger partial charge in [-0.2, -0.15) is 0 Å². The zero-order chi connectivity index (χ0) is 18.8. The Morgan fingerprint density at radius 3 is 2.62 bits per heavy atom. The fourth-order valence-electron chi connectivity index (χ4n) is 2.62. The number of rotatable bonds is 6. The number of amides is 2. The van der Waals surface area contributed by atoms with E-state index in [1.165, 1.54) is 41.4 Å². The first-order chi connectivity index (χ1) is 12.4. The molecule has 0 spiro atoms. The molecular formula is C18H17ClN2O4S. The smallest absolute Gasteiger partial charge is 0.326 e. The van der Waals surface area contributed by atoms with Gasteiger partial charge in [0.2, 0.25) is 0 Å². The first kappa shape index (κ1) is 18.4. The van der Waals surface area contributed by atoms with E-state index < -0.39 is 12.0 Å². The Morgan fingerprint density at radius 2 is 2.04 bits per heavy atom. The van der Waals surface area contributed by atoms with Gasteiger partial charge in [-0.25, -0.2) is 4.79 Å². The van der Waals surface area contributed by atoms with Gasteiger partial charge >= 0.3 is 5.97 Å². The zero-order valence-corrected chi connectivity index (χ0v) is 15.5. The average Bonchev–Trinajstić information content (AvgIpc) is 3.28. The number of nitrogens with one attached hydrogen (secondary N) is 1. The summed E-state index contributed by atoms with van der Waals surface area (Å²) in [5.41, 5.74) is 0.602. The van der Waals surface area contributed by atoms with E-state index >= 15 is 0 Å². The highest BCUT2D eigenvalue weighted by Crippen LogP contribution is 2.32. The third-order valence-electron chi connectivity index (χ3n) is 4.16. The van der Waals surface area contributed by atoms with Crippen molar-refractivity contribution in [1.82, 2.24) is 4.90 Å². The highest BCUT2D eigenvalue weighted by atomic mass is 35.5. The summed E-state index contributed by atoms with van der Waals surface area (Å²) in [5.74, 6) is -1.75. The fraction of sp³-hybridized carbons (Fsp3) is 0.278. The molecule has 2 amide bonds. The minimum Gasteiger partial charge on any atom is -0.480 e. The lowest BCUT2D eigenvalue weighted by atomic mass is 10.1. The second kappa shape index (κ2) is 7.47. The van der Waals surface area contributed by atoms with Gasteiger partial charge < -0.3 is 15.3 Å². The van der Waals surface area contributed by atoms with E-state index in [4.69, 9.17) is 11.6 Å². The molecule has 1 aliphatic rings. The van der Waals surface area contributed by atoms with Crippen molar-refractivity contribution < 1.29 is 19.5 Å². The third kappa shape index (κ3) is 3.89. The van der Waals surface area contributed by atoms with Crippen molar-refractivity contribution in [2.75, 3.05) is 5.32 Å². The number of hydrogen-bond donors (Lipinski definition) is 2. The van der Waals surface area contributed by atoms with Crippen LogP contribution in [0.2, 0.25) is 5.02 Å². The van der Waals surface area contributed by atoms with Crippen LogP contribution in [0.1, 0.15) is 39.8 Å². The van der Waals surface area contributed by atoms with Crippen molar-refractivity contribution >= 4 is 46.4 Å². The predicted molar refractivity (Wildman–Crippen MR) is 100 cm³/mol. The molecule has 6 nitrogen and oxygen atoms in total. The van der Waals surface area contributed by atoms with E-state index in [0.29, 0.717) is 15.6 Å². The van der Waals surface area contributed by atoms with Crippen LogP contribution in [-0.2, 0) is 4.79 Å². The van der Waals surface area contributed by atoms with Gasteiger partial charge in [0, 0.05) is 11.6 Å². The predicted octanol–water partition coefficient (Wildman–Crippen LogP) is 3.73. The average molecular weight is 393 g/mol. The molecule has 0 aliphatic heterocycles. The van der Waals surface area contributed by atoms with Crippen molar-refractivity contribution in [3.8, 4) is 0 Å². The molecule has 1 heterocycles. The molecular weight excluding hydrogens is 376 g/mol. The second-order valence-electron chi connectivity index (χ2n) is 6.08. The maximum atomic E-state index is 12.9. The summed E-state index contributed by atoms with van der Waals surface area (Å²) >= 11 is 7.44. The monoisotopic (exact) mass is 392 g/mol. The number of carboxylic acids is 1. The summed E-state index contributed by atoms with van der Waals surface area (Å²) < 4.78 is 0. The van der Waals surface area contributed by atoms with Crippen molar-refractivity contribution in [3.05, 3.63) is 51.2 Å². The molecule has 0 bridgehead atoms. The van der Waals surface area contributed by atoms with Gasteiger partial charge in [0.1, 0.15) is 6.04 Å². The number of nitrogens with zero attached hydrogens (tertiary/aromatic N) is 1. The van der Waals surface area contributed by atoms with Crippen LogP contribution in [0.15, 0.2) is 35.7 Å². The van der Waals surface area contributed by atoms with E-state index in [-0.39, 0.29) is 23.4 Å². The molecule has 1 aromatic heterocycles. The molecule has 136 valence electrons. The molecule has 2 N–H and O–H groups in total. The number of carbonyl (C=O) groups is 3. The Labute approximate surface area is 159 Å². The van der Waals surface area contributed by atoms with E-state index in [9.17, 15) is 19.5 Å². The number of thiophene rings is 1. The van der Waals surface area contributed by atoms with Crippen LogP contribution in [0.5, 0.6) is 0 Å². The molecule has 26 heavy (non-hydrogen) atoms. The van der Waals surface area contributed by atoms with Crippen LogP contribution >= 0.6 is 22.9 Å². The topological polar surface area (TPSA) is 86.7 Å². The van der Waals surface area contributed by atoms with Crippen LogP contribution < -0.4 is 5.32 Å². The molecule has 1 aliphatic carbocycles. The Kier molecular flexibility index (Phi) is 5.29. The van der Waals surface area contributed by atoms with Gasteiger partial charge in [-0.15, -0.1) is 11.3 Å². The van der Waals surface area contributed by atoms with Gasteiger partial charge in [0.05, 0.1) is 15.6 Å². The standard InChI is InChI=1S/C18H17ClN2O4S/c1-10(18(24)25)21(12-5-6-12)17(23)11-4-7-13(19)14(9-11)20-16(22)15-3-2-8-26-15/h2-4,7-10,12H,5-6H2,1H3,(H,20,22)(H,24,25). The van der Waals surface area contributed by atoms with E-state index in [0.717, 1.165) is 12.8 Å². The number of hydrogen-bond acceptors (Lipinski definition) is 4. The SMILES string of the molecule is CC(C(=O)O)N(C(=O)c1ccc(Cl)c(NC(=O)c2cccs2)c1)C1CC1. The molecule has 1 unspecified atom stereocenters. The number of carboxylic acid groups (broad SMARTS) is 1. The van der Waals surface area contributed by atoms with E-state index in [1.54, 1.807) is 17.5 Å². The molecule has 1 aromatic carbocycles. The Balaban J connectivity index is 1.85. The Bertz CT molecular complexity index is 849. The van der Waals surface area contributed by atoms with Crippen LogP contribution in [0, 0.1) is 0 Å². The minimum absolute atomic E-state index is 0.0616. The maximum Gasteiger partial charge on any atom is 0.326 e. The van der Waals surface area contributed by atoms with Gasteiger partial charge in [-0.05, 0) is 49.4 Å². The lowest BCUT2D eigenvalue weighted by Crippen LogP contribution is -2.44. The largest absolute Gasteiger partial charge is 0.480 e. The van der Waals surface area contributed by atoms with Crippen LogP contribution in [0.25, 0.3) is 0 Å². The molecule has 0 saturated heterocycles. The van der Waals surface area contributed by atoms with Gasteiger partial charge in [-0.1, -0.05) is 17.7 Å². The first-order valence-corrected chi connectivity index (χ1v) is 9.34. The van der Waals surface area contributed by atoms with Crippen molar-refractivity contribution in [2.24, 2.45) is 0 Å². The number of carbonyl (C=O) groups excluding carboxylic acids is 2. The molecule has 3 rings (SSSR count). The lowest BCUT2D eigenvalue weighted by Gasteiger charge is -2.26. The zero-order valence-electron chi connectivity index (χ0n) is 13.9. The van der Waals surface area contributed by atoms with E-state index in [1.807, 2.05) is 0 Å². The molecule has 1 atom stereocenters. The highest BCUT2D eigenvalue weighted by molar-refractivity contribution is 7.12. The maximum absolute atomic E-state index is 12.9. The normalized spacial score (nSPS) is 14.5. The van der Waals surface area contributed by atoms with Crippen LogP contribution in [-0.4, -0.2) is 39.9 Å². The van der Waals surface area contributed by atoms with Gasteiger partial charge in [-0.3, -0.25) is 9.59 Å². The van der Waals surface area contributed by atoms with Crippen LogP contribution in [0.3, 0.4) is 0 Å². The van der Waals surface area contributed by atoms with E-state index in [2.05, 4.69) is 5.32 Å². The molecule has 1 fully saturated rings. The molecule has 2 aromatic rings. The summed E-state index contributed by atoms with van der Waals surface area (Å²) in [4.78, 5) is 38.3. The van der Waals surface area contributed by atoms with Crippen molar-refractivity contribution in [2.45, 2.75) is 31.8 Å². The highest BCUT2D eigenvalue weighted by Gasteiger charge is 2.38.